The van der Waals surface area contributed by atoms with E-state index in [9.17, 15) is 26.4 Å². The van der Waals surface area contributed by atoms with Crippen molar-refractivity contribution in [2.24, 2.45) is 0 Å². The van der Waals surface area contributed by atoms with E-state index in [0.717, 1.165) is 25.5 Å². The van der Waals surface area contributed by atoms with Gasteiger partial charge in [0.2, 0.25) is 10.0 Å². The van der Waals surface area contributed by atoms with Gasteiger partial charge in [0.25, 0.3) is 0 Å². The summed E-state index contributed by atoms with van der Waals surface area (Å²) in [5.74, 6) is -0.882. The first-order valence-corrected chi connectivity index (χ1v) is 7.12. The van der Waals surface area contributed by atoms with E-state index in [-0.39, 0.29) is 5.69 Å². The van der Waals surface area contributed by atoms with Gasteiger partial charge in [-0.3, -0.25) is 9.10 Å². The van der Waals surface area contributed by atoms with Gasteiger partial charge in [0.15, 0.2) is 0 Å². The van der Waals surface area contributed by atoms with E-state index in [2.05, 4.69) is 4.74 Å². The van der Waals surface area contributed by atoms with Gasteiger partial charge >= 0.3 is 12.1 Å². The number of benzene rings is 1. The number of hydrogen-bond donors (Lipinski definition) is 0. The van der Waals surface area contributed by atoms with E-state index in [1.807, 2.05) is 0 Å². The van der Waals surface area contributed by atoms with Crippen molar-refractivity contribution < 1.29 is 31.1 Å². The number of ether oxygens (including phenoxy) is 1. The van der Waals surface area contributed by atoms with E-state index in [1.54, 1.807) is 0 Å². The van der Waals surface area contributed by atoms with Gasteiger partial charge in [-0.05, 0) is 18.2 Å². The number of esters is 1. The maximum Gasteiger partial charge on any atom is 0.416 e. The normalized spacial score (nSPS) is 12.1. The van der Waals surface area contributed by atoms with E-state index >= 15 is 0 Å². The van der Waals surface area contributed by atoms with Crippen LogP contribution < -0.4 is 4.31 Å². The van der Waals surface area contributed by atoms with Crippen molar-refractivity contribution in [2.75, 3.05) is 24.2 Å². The lowest BCUT2D eigenvalue weighted by Gasteiger charge is -2.21. The molecule has 0 atom stereocenters. The third-order valence-corrected chi connectivity index (χ3v) is 3.50. The molecule has 0 spiro atoms. The zero-order chi connectivity index (χ0) is 15.6. The Kier molecular flexibility index (Phi) is 4.64. The molecule has 0 aliphatic rings. The highest BCUT2D eigenvalue weighted by Gasteiger charge is 2.32. The molecule has 0 saturated heterocycles. The number of carbonyl (C=O) groups is 1. The summed E-state index contributed by atoms with van der Waals surface area (Å²) in [6.07, 6.45) is -3.82. The van der Waals surface area contributed by atoms with E-state index < -0.39 is 34.3 Å². The quantitative estimate of drug-likeness (QED) is 0.793. The van der Waals surface area contributed by atoms with Gasteiger partial charge in [-0.2, -0.15) is 13.2 Å². The Balaban J connectivity index is 3.25. The molecule has 1 aromatic carbocycles. The average Bonchev–Trinajstić information content (AvgIpc) is 2.33. The molecule has 1 rings (SSSR count). The first kappa shape index (κ1) is 16.3. The Labute approximate surface area is 114 Å². The zero-order valence-electron chi connectivity index (χ0n) is 10.6. The maximum absolute atomic E-state index is 12.6. The maximum atomic E-state index is 12.6. The van der Waals surface area contributed by atoms with Gasteiger partial charge in [0.05, 0.1) is 24.6 Å². The van der Waals surface area contributed by atoms with Gasteiger partial charge in [-0.15, -0.1) is 0 Å². The van der Waals surface area contributed by atoms with Crippen molar-refractivity contribution >= 4 is 21.7 Å². The fourth-order valence-electron chi connectivity index (χ4n) is 1.42. The number of carbonyl (C=O) groups excluding carboxylic acids is 1. The van der Waals surface area contributed by atoms with Crippen LogP contribution in [0.3, 0.4) is 0 Å². The summed E-state index contributed by atoms with van der Waals surface area (Å²) in [7, 11) is -2.87. The Bertz CT molecular complexity index is 598. The molecule has 0 heterocycles. The van der Waals surface area contributed by atoms with Crippen LogP contribution in [0.1, 0.15) is 5.56 Å². The van der Waals surface area contributed by atoms with Gasteiger partial charge in [-0.25, -0.2) is 8.42 Å². The second-order valence-electron chi connectivity index (χ2n) is 3.89. The zero-order valence-corrected chi connectivity index (χ0v) is 11.5. The fraction of sp³-hybridized carbons (Fsp3) is 0.364. The minimum absolute atomic E-state index is 0.257. The molecule has 0 amide bonds. The molecule has 0 radical (unpaired) electrons. The first-order chi connectivity index (χ1) is 9.05. The number of halogens is 3. The summed E-state index contributed by atoms with van der Waals surface area (Å²) in [6, 6.07) is 3.69. The molecule has 0 bridgehead atoms. The van der Waals surface area contributed by atoms with Crippen molar-refractivity contribution in [3.63, 3.8) is 0 Å². The van der Waals surface area contributed by atoms with Crippen LogP contribution in [0.25, 0.3) is 0 Å². The van der Waals surface area contributed by atoms with Gasteiger partial charge in [0.1, 0.15) is 6.54 Å². The van der Waals surface area contributed by atoms with Crippen LogP contribution in [-0.2, 0) is 25.7 Å². The monoisotopic (exact) mass is 311 g/mol. The fourth-order valence-corrected chi connectivity index (χ4v) is 2.26. The molecule has 0 fully saturated rings. The highest BCUT2D eigenvalue weighted by molar-refractivity contribution is 7.92. The highest BCUT2D eigenvalue weighted by Crippen LogP contribution is 2.32. The van der Waals surface area contributed by atoms with Gasteiger partial charge < -0.3 is 4.74 Å². The average molecular weight is 311 g/mol. The number of rotatable bonds is 4. The van der Waals surface area contributed by atoms with Gasteiger partial charge in [0, 0.05) is 0 Å². The van der Waals surface area contributed by atoms with Crippen LogP contribution in [0.15, 0.2) is 24.3 Å². The lowest BCUT2D eigenvalue weighted by Crippen LogP contribution is -2.35. The summed E-state index contributed by atoms with van der Waals surface area (Å²) in [5, 5.41) is 0. The van der Waals surface area contributed by atoms with Crippen LogP contribution in [0, 0.1) is 0 Å². The molecule has 5 nitrogen and oxygen atoms in total. The van der Waals surface area contributed by atoms with E-state index in [1.165, 1.54) is 6.07 Å². The third kappa shape index (κ3) is 4.12. The van der Waals surface area contributed by atoms with Crippen molar-refractivity contribution in [3.05, 3.63) is 29.8 Å². The molecular formula is C11H12F3NO4S. The Hall–Kier alpha value is -1.77. The highest BCUT2D eigenvalue weighted by atomic mass is 32.2. The summed E-state index contributed by atoms with van der Waals surface area (Å²) in [5.41, 5.74) is -1.26. The van der Waals surface area contributed by atoms with Crippen LogP contribution in [0.5, 0.6) is 0 Å². The van der Waals surface area contributed by atoms with Crippen molar-refractivity contribution in [1.29, 1.82) is 0 Å². The smallest absolute Gasteiger partial charge is 0.416 e. The minimum atomic E-state index is -4.61. The van der Waals surface area contributed by atoms with E-state index in [4.69, 9.17) is 0 Å². The lowest BCUT2D eigenvalue weighted by atomic mass is 10.2. The largest absolute Gasteiger partial charge is 0.468 e. The number of anilines is 1. The van der Waals surface area contributed by atoms with Crippen LogP contribution >= 0.6 is 0 Å². The number of hydrogen-bond acceptors (Lipinski definition) is 4. The van der Waals surface area contributed by atoms with E-state index in [0.29, 0.717) is 10.4 Å². The predicted molar refractivity (Wildman–Crippen MR) is 65.6 cm³/mol. The number of alkyl halides is 3. The molecule has 0 aliphatic heterocycles. The molecular weight excluding hydrogens is 299 g/mol. The van der Waals surface area contributed by atoms with Crippen LogP contribution in [-0.4, -0.2) is 34.3 Å². The summed E-state index contributed by atoms with van der Waals surface area (Å²) in [4.78, 5) is 11.2. The Morgan fingerprint density at radius 2 is 1.95 bits per heavy atom. The Morgan fingerprint density at radius 1 is 1.35 bits per heavy atom. The van der Waals surface area contributed by atoms with Crippen molar-refractivity contribution in [1.82, 2.24) is 0 Å². The molecule has 1 aromatic rings. The second kappa shape index (κ2) is 5.70. The first-order valence-electron chi connectivity index (χ1n) is 5.27. The summed E-state index contributed by atoms with van der Waals surface area (Å²) in [6.45, 7) is -0.698. The summed E-state index contributed by atoms with van der Waals surface area (Å²) < 4.78 is 65.8. The van der Waals surface area contributed by atoms with Crippen LogP contribution in [0.4, 0.5) is 18.9 Å². The molecule has 9 heteroatoms. The number of nitrogens with zero attached hydrogens (tertiary/aromatic N) is 1. The molecule has 0 saturated carbocycles. The number of sulfonamides is 1. The molecule has 0 aromatic heterocycles. The lowest BCUT2D eigenvalue weighted by molar-refractivity contribution is -0.139. The molecule has 0 unspecified atom stereocenters. The standard InChI is InChI=1S/C11H12F3NO4S/c1-19-10(16)7-15(20(2,17)18)9-5-3-4-8(6-9)11(12,13)14/h3-6H,7H2,1-2H3. The van der Waals surface area contributed by atoms with Crippen molar-refractivity contribution in [2.45, 2.75) is 6.18 Å². The molecule has 20 heavy (non-hydrogen) atoms. The molecule has 112 valence electrons. The van der Waals surface area contributed by atoms with Crippen LogP contribution in [0.2, 0.25) is 0 Å². The second-order valence-corrected chi connectivity index (χ2v) is 5.80. The molecule has 0 N–H and O–H groups in total. The third-order valence-electron chi connectivity index (χ3n) is 2.36. The predicted octanol–water partition coefficient (Wildman–Crippen LogP) is 1.64. The molecule has 0 aliphatic carbocycles. The van der Waals surface area contributed by atoms with Gasteiger partial charge in [-0.1, -0.05) is 6.07 Å². The minimum Gasteiger partial charge on any atom is -0.468 e. The van der Waals surface area contributed by atoms with Crippen molar-refractivity contribution in [3.8, 4) is 0 Å². The Morgan fingerprint density at radius 3 is 2.40 bits per heavy atom. The topological polar surface area (TPSA) is 63.7 Å². The summed E-state index contributed by atoms with van der Waals surface area (Å²) >= 11 is 0. The SMILES string of the molecule is COC(=O)CN(c1cccc(C(F)(F)F)c1)S(C)(=O)=O. The number of methoxy groups -OCH3 is 1.